The molecule has 1 amide bonds. The fourth-order valence-electron chi connectivity index (χ4n) is 5.30. The summed E-state index contributed by atoms with van der Waals surface area (Å²) in [5.74, 6) is -0.275. The lowest BCUT2D eigenvalue weighted by atomic mass is 9.80. The number of ether oxygens (including phenoxy) is 1. The summed E-state index contributed by atoms with van der Waals surface area (Å²) >= 11 is 3.56. The molecule has 2 fully saturated rings. The average Bonchev–Trinajstić information content (AvgIpc) is 2.90. The molecule has 3 nitrogen and oxygen atoms in total. The number of fused-ring (bicyclic) bond motifs is 4. The normalized spacial score (nSPS) is 27.4. The molecule has 1 unspecified atom stereocenters. The van der Waals surface area contributed by atoms with Crippen molar-refractivity contribution in [1.82, 2.24) is 4.90 Å². The number of alkyl halides is 3. The third-order valence-corrected chi connectivity index (χ3v) is 7.08. The molecule has 2 aromatic carbocycles. The van der Waals surface area contributed by atoms with Crippen molar-refractivity contribution < 1.29 is 22.7 Å². The maximum Gasteiger partial charge on any atom is 0.471 e. The van der Waals surface area contributed by atoms with Gasteiger partial charge in [-0.25, -0.2) is 0 Å². The van der Waals surface area contributed by atoms with Gasteiger partial charge in [0.1, 0.15) is 11.5 Å². The number of carbonyl (C=O) groups excluding carboxylic acids is 1. The van der Waals surface area contributed by atoms with Crippen molar-refractivity contribution in [3.63, 3.8) is 0 Å². The van der Waals surface area contributed by atoms with Gasteiger partial charge in [-0.2, -0.15) is 13.2 Å². The van der Waals surface area contributed by atoms with E-state index in [1.165, 1.54) is 0 Å². The van der Waals surface area contributed by atoms with Gasteiger partial charge in [0.05, 0.1) is 4.47 Å². The third kappa shape index (κ3) is 2.89. The topological polar surface area (TPSA) is 29.5 Å². The minimum absolute atomic E-state index is 0.418. The van der Waals surface area contributed by atoms with Crippen LogP contribution in [0.4, 0.5) is 13.2 Å². The Morgan fingerprint density at radius 3 is 2.63 bits per heavy atom. The lowest BCUT2D eigenvalue weighted by Gasteiger charge is -2.45. The van der Waals surface area contributed by atoms with Gasteiger partial charge in [-0.3, -0.25) is 4.79 Å². The summed E-state index contributed by atoms with van der Waals surface area (Å²) in [6, 6.07) is 13.1. The fourth-order valence-corrected chi connectivity index (χ4v) is 5.74. The van der Waals surface area contributed by atoms with Crippen LogP contribution < -0.4 is 4.74 Å². The monoisotopic (exact) mass is 477 g/mol. The minimum Gasteiger partial charge on any atom is -0.455 e. The second-order valence-electron chi connectivity index (χ2n) is 8.44. The molecule has 156 valence electrons. The zero-order chi connectivity index (χ0) is 21.3. The maximum absolute atomic E-state index is 13.2. The van der Waals surface area contributed by atoms with E-state index in [0.29, 0.717) is 31.4 Å². The molecule has 0 spiro atoms. The number of hydrogen-bond donors (Lipinski definition) is 0. The van der Waals surface area contributed by atoms with Crippen molar-refractivity contribution in [2.45, 2.75) is 50.4 Å². The lowest BCUT2D eigenvalue weighted by molar-refractivity contribution is -0.192. The van der Waals surface area contributed by atoms with E-state index in [-0.39, 0.29) is 0 Å². The second-order valence-corrected chi connectivity index (χ2v) is 9.29. The number of carbonyl (C=O) groups is 1. The number of halogens is 4. The molecule has 0 radical (unpaired) electrons. The van der Waals surface area contributed by atoms with Crippen LogP contribution in [0.3, 0.4) is 0 Å². The van der Waals surface area contributed by atoms with Crippen LogP contribution in [0.15, 0.2) is 52.5 Å². The number of amides is 1. The van der Waals surface area contributed by atoms with Crippen LogP contribution in [0, 0.1) is 0 Å². The molecule has 2 saturated heterocycles. The molecule has 0 aromatic heterocycles. The Morgan fingerprint density at radius 2 is 1.90 bits per heavy atom. The number of benzene rings is 2. The molecule has 30 heavy (non-hydrogen) atoms. The first kappa shape index (κ1) is 19.7. The van der Waals surface area contributed by atoms with Crippen molar-refractivity contribution >= 4 is 27.4 Å². The molecule has 2 aromatic rings. The highest BCUT2D eigenvalue weighted by Crippen LogP contribution is 2.54. The van der Waals surface area contributed by atoms with E-state index in [1.54, 1.807) is 6.92 Å². The van der Waals surface area contributed by atoms with Gasteiger partial charge in [0.25, 0.3) is 0 Å². The van der Waals surface area contributed by atoms with Gasteiger partial charge < -0.3 is 9.64 Å². The van der Waals surface area contributed by atoms with Crippen molar-refractivity contribution in [2.24, 2.45) is 0 Å². The summed E-state index contributed by atoms with van der Waals surface area (Å²) < 4.78 is 46.7. The number of piperidine rings is 1. The van der Waals surface area contributed by atoms with Crippen molar-refractivity contribution in [1.29, 1.82) is 0 Å². The van der Waals surface area contributed by atoms with E-state index in [4.69, 9.17) is 4.74 Å². The van der Waals surface area contributed by atoms with Gasteiger partial charge >= 0.3 is 12.1 Å². The van der Waals surface area contributed by atoms with Crippen LogP contribution in [0.25, 0.3) is 5.57 Å². The molecule has 0 aliphatic carbocycles. The highest BCUT2D eigenvalue weighted by Gasteiger charge is 2.56. The Labute approximate surface area is 180 Å². The van der Waals surface area contributed by atoms with Gasteiger partial charge in [0.2, 0.25) is 0 Å². The zero-order valence-corrected chi connectivity index (χ0v) is 17.8. The summed E-state index contributed by atoms with van der Waals surface area (Å²) in [4.78, 5) is 13.3. The summed E-state index contributed by atoms with van der Waals surface area (Å²) in [6.45, 7) is 1.78. The Bertz CT molecular complexity index is 1090. The van der Waals surface area contributed by atoms with E-state index >= 15 is 0 Å². The first-order valence-electron chi connectivity index (χ1n) is 9.88. The third-order valence-electron chi connectivity index (χ3n) is 6.46. The summed E-state index contributed by atoms with van der Waals surface area (Å²) in [6.07, 6.45) is -2.84. The number of hydrogen-bond acceptors (Lipinski definition) is 2. The Morgan fingerprint density at radius 1 is 1.17 bits per heavy atom. The average molecular weight is 478 g/mol. The minimum atomic E-state index is -4.85. The molecule has 0 saturated carbocycles. The molecular weight excluding hydrogens is 459 g/mol. The van der Waals surface area contributed by atoms with E-state index in [1.807, 2.05) is 42.5 Å². The summed E-state index contributed by atoms with van der Waals surface area (Å²) in [5.41, 5.74) is 3.14. The van der Waals surface area contributed by atoms with Crippen LogP contribution in [-0.4, -0.2) is 28.6 Å². The predicted molar refractivity (Wildman–Crippen MR) is 110 cm³/mol. The molecule has 5 rings (SSSR count). The number of nitrogens with zero attached hydrogens (tertiary/aromatic N) is 1. The standard InChI is InChI=1S/C23H19BrF3NO2/c1-22-10-9-14(28(22)21(29)23(25,26)27)11-13(12-22)19-15-5-2-3-8-18(15)30-20-16(19)6-4-7-17(20)24/h2-8,14H,9-12H2,1H3/b19-13+/t14-,22?/m1/s1. The van der Waals surface area contributed by atoms with E-state index in [2.05, 4.69) is 15.9 Å². The van der Waals surface area contributed by atoms with Crippen LogP contribution in [0.2, 0.25) is 0 Å². The van der Waals surface area contributed by atoms with Gasteiger partial charge in [0, 0.05) is 22.7 Å². The molecule has 2 atom stereocenters. The Kier molecular flexibility index (Phi) is 4.33. The van der Waals surface area contributed by atoms with Crippen molar-refractivity contribution in [3.8, 4) is 11.5 Å². The zero-order valence-electron chi connectivity index (χ0n) is 16.2. The largest absolute Gasteiger partial charge is 0.471 e. The fraction of sp³-hybridized carbons (Fsp3) is 0.348. The Hall–Kier alpha value is -2.28. The second kappa shape index (κ2) is 6.61. The first-order chi connectivity index (χ1) is 14.2. The molecule has 3 aliphatic rings. The number of para-hydroxylation sites is 2. The van der Waals surface area contributed by atoms with Crippen LogP contribution in [0.5, 0.6) is 11.5 Å². The SMILES string of the molecule is CC12CC[C@H](C/C(=C3/c4ccccc4Oc4c(Br)cccc43)C1)N2C(=O)C(F)(F)F. The van der Waals surface area contributed by atoms with Crippen LogP contribution in [0.1, 0.15) is 43.7 Å². The molecule has 3 heterocycles. The van der Waals surface area contributed by atoms with E-state index in [9.17, 15) is 18.0 Å². The quantitative estimate of drug-likeness (QED) is 0.371. The predicted octanol–water partition coefficient (Wildman–Crippen LogP) is 6.46. The summed E-state index contributed by atoms with van der Waals surface area (Å²) in [5, 5.41) is 0. The molecule has 0 N–H and O–H groups in total. The van der Waals surface area contributed by atoms with E-state index in [0.717, 1.165) is 37.4 Å². The highest BCUT2D eigenvalue weighted by atomic mass is 79.9. The van der Waals surface area contributed by atoms with Crippen LogP contribution >= 0.6 is 15.9 Å². The lowest BCUT2D eigenvalue weighted by Crippen LogP contribution is -2.56. The highest BCUT2D eigenvalue weighted by molar-refractivity contribution is 9.10. The molecule has 2 bridgehead atoms. The molecule has 3 aliphatic heterocycles. The first-order valence-corrected chi connectivity index (χ1v) is 10.7. The Balaban J connectivity index is 1.66. The van der Waals surface area contributed by atoms with Gasteiger partial charge in [-0.1, -0.05) is 35.9 Å². The number of rotatable bonds is 0. The summed E-state index contributed by atoms with van der Waals surface area (Å²) in [7, 11) is 0. The van der Waals surface area contributed by atoms with Crippen molar-refractivity contribution in [3.05, 3.63) is 63.6 Å². The van der Waals surface area contributed by atoms with Gasteiger partial charge in [-0.05, 0) is 66.2 Å². The molecular formula is C23H19BrF3NO2. The van der Waals surface area contributed by atoms with E-state index < -0.39 is 23.7 Å². The molecule has 7 heteroatoms. The smallest absolute Gasteiger partial charge is 0.455 e. The van der Waals surface area contributed by atoms with Crippen molar-refractivity contribution in [2.75, 3.05) is 0 Å². The van der Waals surface area contributed by atoms with Gasteiger partial charge in [0.15, 0.2) is 0 Å². The van der Waals surface area contributed by atoms with Crippen LogP contribution in [-0.2, 0) is 4.79 Å². The maximum atomic E-state index is 13.2. The van der Waals surface area contributed by atoms with Gasteiger partial charge in [-0.15, -0.1) is 0 Å².